The highest BCUT2D eigenvalue weighted by molar-refractivity contribution is 5.93. The van der Waals surface area contributed by atoms with Crippen LogP contribution in [0.15, 0.2) is 18.2 Å². The number of piperidine rings is 1. The van der Waals surface area contributed by atoms with Gasteiger partial charge in [0.1, 0.15) is 0 Å². The molecule has 114 valence electrons. The maximum atomic E-state index is 11.7. The van der Waals surface area contributed by atoms with E-state index in [1.165, 1.54) is 13.3 Å². The molecule has 0 saturated carbocycles. The molecule has 0 aliphatic carbocycles. The first-order valence-electron chi connectivity index (χ1n) is 7.14. The molecule has 0 radical (unpaired) electrons. The van der Waals surface area contributed by atoms with Crippen LogP contribution in [0.1, 0.15) is 26.2 Å². The molecule has 6 heteroatoms. The van der Waals surface area contributed by atoms with Crippen molar-refractivity contribution in [3.05, 3.63) is 18.2 Å². The van der Waals surface area contributed by atoms with E-state index in [1.54, 1.807) is 12.1 Å². The Hall–Kier alpha value is -2.24. The van der Waals surface area contributed by atoms with Gasteiger partial charge in [0.15, 0.2) is 6.61 Å². The maximum Gasteiger partial charge on any atom is 0.303 e. The van der Waals surface area contributed by atoms with Crippen molar-refractivity contribution in [2.24, 2.45) is 0 Å². The minimum Gasteiger partial charge on any atom is -0.456 e. The zero-order valence-corrected chi connectivity index (χ0v) is 12.2. The van der Waals surface area contributed by atoms with Crippen LogP contribution in [0.4, 0.5) is 17.1 Å². The summed E-state index contributed by atoms with van der Waals surface area (Å²) in [5, 5.41) is 2.71. The highest BCUT2D eigenvalue weighted by atomic mass is 16.5. The Kier molecular flexibility index (Phi) is 5.03. The molecule has 1 heterocycles. The third-order valence-corrected chi connectivity index (χ3v) is 3.42. The van der Waals surface area contributed by atoms with Crippen LogP contribution in [-0.2, 0) is 14.3 Å². The van der Waals surface area contributed by atoms with Crippen molar-refractivity contribution in [2.75, 3.05) is 35.6 Å². The van der Waals surface area contributed by atoms with Crippen LogP contribution in [0.25, 0.3) is 0 Å². The molecule has 0 spiro atoms. The van der Waals surface area contributed by atoms with Gasteiger partial charge in [-0.05, 0) is 37.5 Å². The minimum absolute atomic E-state index is 0.279. The number of nitrogen functional groups attached to an aromatic ring is 1. The lowest BCUT2D eigenvalue weighted by Gasteiger charge is -2.30. The summed E-state index contributed by atoms with van der Waals surface area (Å²) in [5.74, 6) is -0.837. The Morgan fingerprint density at radius 2 is 2.00 bits per heavy atom. The molecule has 0 bridgehead atoms. The maximum absolute atomic E-state index is 11.7. The van der Waals surface area contributed by atoms with E-state index >= 15 is 0 Å². The number of anilines is 3. The van der Waals surface area contributed by atoms with Gasteiger partial charge in [-0.1, -0.05) is 0 Å². The van der Waals surface area contributed by atoms with Gasteiger partial charge in [-0.2, -0.15) is 0 Å². The van der Waals surface area contributed by atoms with Crippen LogP contribution < -0.4 is 16.0 Å². The number of rotatable bonds is 4. The summed E-state index contributed by atoms with van der Waals surface area (Å²) in [7, 11) is 0. The number of ether oxygens (including phenoxy) is 1. The third-order valence-electron chi connectivity index (χ3n) is 3.42. The second-order valence-electron chi connectivity index (χ2n) is 5.15. The summed E-state index contributed by atoms with van der Waals surface area (Å²) >= 11 is 0. The Morgan fingerprint density at radius 3 is 2.67 bits per heavy atom. The molecule has 1 amide bonds. The Morgan fingerprint density at radius 1 is 1.29 bits per heavy atom. The van der Waals surface area contributed by atoms with Crippen molar-refractivity contribution in [2.45, 2.75) is 26.2 Å². The number of carbonyl (C=O) groups excluding carboxylic acids is 2. The molecule has 1 aromatic carbocycles. The quantitative estimate of drug-likeness (QED) is 0.652. The second-order valence-corrected chi connectivity index (χ2v) is 5.15. The molecule has 21 heavy (non-hydrogen) atoms. The fraction of sp³-hybridized carbons (Fsp3) is 0.467. The summed E-state index contributed by atoms with van der Waals surface area (Å²) in [4.78, 5) is 24.6. The molecule has 1 aliphatic rings. The van der Waals surface area contributed by atoms with Crippen molar-refractivity contribution in [1.29, 1.82) is 0 Å². The minimum atomic E-state index is -0.475. The van der Waals surface area contributed by atoms with E-state index in [1.807, 2.05) is 6.07 Å². The first-order chi connectivity index (χ1) is 10.1. The number of benzene rings is 1. The number of nitrogens with zero attached hydrogens (tertiary/aromatic N) is 1. The monoisotopic (exact) mass is 291 g/mol. The lowest BCUT2D eigenvalue weighted by Crippen LogP contribution is -2.30. The molecule has 3 N–H and O–H groups in total. The van der Waals surface area contributed by atoms with Gasteiger partial charge in [0.05, 0.1) is 11.4 Å². The van der Waals surface area contributed by atoms with E-state index in [9.17, 15) is 9.59 Å². The number of nitrogens with two attached hydrogens (primary N) is 1. The number of nitrogens with one attached hydrogen (secondary N) is 1. The molecule has 1 saturated heterocycles. The smallest absolute Gasteiger partial charge is 0.303 e. The molecule has 1 fully saturated rings. The van der Waals surface area contributed by atoms with E-state index in [0.717, 1.165) is 31.6 Å². The molecule has 1 aliphatic heterocycles. The van der Waals surface area contributed by atoms with E-state index in [0.29, 0.717) is 11.4 Å². The highest BCUT2D eigenvalue weighted by Crippen LogP contribution is 2.29. The lowest BCUT2D eigenvalue weighted by atomic mass is 10.1. The largest absolute Gasteiger partial charge is 0.456 e. The Balaban J connectivity index is 2.03. The van der Waals surface area contributed by atoms with Gasteiger partial charge in [0.25, 0.3) is 5.91 Å². The first kappa shape index (κ1) is 15.2. The Bertz CT molecular complexity index is 525. The average molecular weight is 291 g/mol. The van der Waals surface area contributed by atoms with Crippen LogP contribution in [-0.4, -0.2) is 31.6 Å². The summed E-state index contributed by atoms with van der Waals surface area (Å²) < 4.78 is 4.66. The molecular weight excluding hydrogens is 270 g/mol. The van der Waals surface area contributed by atoms with Crippen molar-refractivity contribution < 1.29 is 14.3 Å². The molecule has 0 atom stereocenters. The fourth-order valence-corrected chi connectivity index (χ4v) is 2.39. The van der Waals surface area contributed by atoms with Gasteiger partial charge < -0.3 is 20.7 Å². The lowest BCUT2D eigenvalue weighted by molar-refractivity contribution is -0.144. The van der Waals surface area contributed by atoms with Crippen molar-refractivity contribution in [3.63, 3.8) is 0 Å². The number of amides is 1. The van der Waals surface area contributed by atoms with Crippen LogP contribution in [0.2, 0.25) is 0 Å². The number of esters is 1. The summed E-state index contributed by atoms with van der Waals surface area (Å²) in [6.07, 6.45) is 3.56. The van der Waals surface area contributed by atoms with Crippen LogP contribution >= 0.6 is 0 Å². The normalized spacial score (nSPS) is 14.6. The van der Waals surface area contributed by atoms with Crippen molar-refractivity contribution in [3.8, 4) is 0 Å². The predicted molar refractivity (Wildman–Crippen MR) is 82.2 cm³/mol. The summed E-state index contributed by atoms with van der Waals surface area (Å²) in [6, 6.07) is 5.39. The topological polar surface area (TPSA) is 84.7 Å². The van der Waals surface area contributed by atoms with Gasteiger partial charge in [-0.25, -0.2) is 0 Å². The highest BCUT2D eigenvalue weighted by Gasteiger charge is 2.14. The zero-order chi connectivity index (χ0) is 15.2. The average Bonchev–Trinajstić information content (AvgIpc) is 2.48. The molecule has 6 nitrogen and oxygen atoms in total. The van der Waals surface area contributed by atoms with Crippen LogP contribution in [0.3, 0.4) is 0 Å². The van der Waals surface area contributed by atoms with Gasteiger partial charge in [-0.15, -0.1) is 0 Å². The summed E-state index contributed by atoms with van der Waals surface area (Å²) in [5.41, 5.74) is 8.33. The van der Waals surface area contributed by atoms with Crippen LogP contribution in [0, 0.1) is 0 Å². The third kappa shape index (κ3) is 4.37. The van der Waals surface area contributed by atoms with E-state index in [2.05, 4.69) is 15.0 Å². The van der Waals surface area contributed by atoms with E-state index in [-0.39, 0.29) is 12.5 Å². The van der Waals surface area contributed by atoms with Crippen LogP contribution in [0.5, 0.6) is 0 Å². The Labute approximate surface area is 124 Å². The molecule has 2 rings (SSSR count). The zero-order valence-electron chi connectivity index (χ0n) is 12.2. The van der Waals surface area contributed by atoms with Gasteiger partial charge in [-0.3, -0.25) is 9.59 Å². The first-order valence-corrected chi connectivity index (χ1v) is 7.14. The predicted octanol–water partition coefficient (Wildman–Crippen LogP) is 1.76. The van der Waals surface area contributed by atoms with Gasteiger partial charge >= 0.3 is 5.97 Å². The second kappa shape index (κ2) is 6.97. The van der Waals surface area contributed by atoms with Crippen molar-refractivity contribution >= 4 is 28.9 Å². The van der Waals surface area contributed by atoms with E-state index < -0.39 is 5.97 Å². The number of hydrogen-bond acceptors (Lipinski definition) is 5. The van der Waals surface area contributed by atoms with Gasteiger partial charge in [0.2, 0.25) is 0 Å². The molecule has 0 unspecified atom stereocenters. The molecule has 1 aromatic rings. The van der Waals surface area contributed by atoms with E-state index in [4.69, 9.17) is 5.73 Å². The molecule has 0 aromatic heterocycles. The fourth-order valence-electron chi connectivity index (χ4n) is 2.39. The standard InChI is InChI=1S/C15H21N3O3/c1-11(19)21-10-15(20)17-12-5-6-13(16)14(9-12)18-7-3-2-4-8-18/h5-6,9H,2-4,7-8,10,16H2,1H3,(H,17,20). The molecular formula is C15H21N3O3. The number of carbonyl (C=O) groups is 2. The SMILES string of the molecule is CC(=O)OCC(=O)Nc1ccc(N)c(N2CCCCC2)c1. The number of hydrogen-bond donors (Lipinski definition) is 2. The van der Waals surface area contributed by atoms with Crippen molar-refractivity contribution in [1.82, 2.24) is 0 Å². The summed E-state index contributed by atoms with van der Waals surface area (Å²) in [6.45, 7) is 2.95. The van der Waals surface area contributed by atoms with Gasteiger partial charge in [0, 0.05) is 25.7 Å².